The molecule has 6 heavy (non-hydrogen) atoms. The minimum Gasteiger partial charge on any atom is -0.442 e. The lowest BCUT2D eigenvalue weighted by Crippen LogP contribution is -1.96. The van der Waals surface area contributed by atoms with Crippen molar-refractivity contribution >= 4 is 39.9 Å². The molecule has 0 radical (unpaired) electrons. The number of rotatable bonds is 2. The fourth-order valence-electron chi connectivity index (χ4n) is 0.126. The van der Waals surface area contributed by atoms with Crippen LogP contribution < -0.4 is 0 Å². The number of hydrogen-bond donors (Lipinski definition) is 0. The Morgan fingerprint density at radius 3 is 2.17 bits per heavy atom. The van der Waals surface area contributed by atoms with Gasteiger partial charge in [0.05, 0.1) is 10.3 Å². The van der Waals surface area contributed by atoms with Crippen LogP contribution in [0.2, 0.25) is 0 Å². The van der Waals surface area contributed by atoms with Crippen molar-refractivity contribution < 1.29 is 4.65 Å². The van der Waals surface area contributed by atoms with Gasteiger partial charge in [-0.2, -0.15) is 0 Å². The maximum atomic E-state index is 4.71. The normalized spacial score (nSPS) is 9.83. The Labute approximate surface area is 55.1 Å². The molecule has 36 valence electrons. The monoisotopic (exact) mass is 214 g/mol. The Morgan fingerprint density at radius 1 is 1.67 bits per heavy atom. The zero-order valence-corrected chi connectivity index (χ0v) is 6.62. The summed E-state index contributed by atoms with van der Waals surface area (Å²) in [5, 5.41) is 0. The van der Waals surface area contributed by atoms with E-state index in [1.807, 2.05) is 0 Å². The van der Waals surface area contributed by atoms with E-state index < -0.39 is 0 Å². The van der Waals surface area contributed by atoms with Crippen molar-refractivity contribution in [1.82, 2.24) is 0 Å². The van der Waals surface area contributed by atoms with Gasteiger partial charge in [-0.05, 0) is 0 Å². The van der Waals surface area contributed by atoms with Crippen LogP contribution in [0, 0.1) is 0 Å². The molecule has 0 unspecified atom stereocenters. The molecule has 0 aromatic carbocycles. The predicted molar refractivity (Wildman–Crippen MR) is 36.1 cm³/mol. The van der Waals surface area contributed by atoms with Gasteiger partial charge < -0.3 is 4.65 Å². The molecule has 0 saturated carbocycles. The van der Waals surface area contributed by atoms with Crippen molar-refractivity contribution in [3.63, 3.8) is 0 Å². The predicted octanol–water partition coefficient (Wildman–Crippen LogP) is 0.667. The van der Waals surface area contributed by atoms with E-state index in [0.717, 1.165) is 0 Å². The Kier molecular flexibility index (Phi) is 4.83. The van der Waals surface area contributed by atoms with Gasteiger partial charge in [0.25, 0.3) is 8.05 Å². The van der Waals surface area contributed by atoms with Gasteiger partial charge in [0.15, 0.2) is 0 Å². The first kappa shape index (κ1) is 6.98. The third-order valence-electron chi connectivity index (χ3n) is 0.293. The summed E-state index contributed by atoms with van der Waals surface area (Å²) in [6.07, 6.45) is 0. The summed E-state index contributed by atoms with van der Waals surface area (Å²) in [6.45, 7) is 0.708. The van der Waals surface area contributed by atoms with Crippen LogP contribution in [0.3, 0.4) is 0 Å². The second kappa shape index (κ2) is 4.15. The van der Waals surface area contributed by atoms with E-state index in [4.69, 9.17) is 4.65 Å². The first-order valence-corrected chi connectivity index (χ1v) is 3.37. The topological polar surface area (TPSA) is 9.23 Å². The van der Waals surface area contributed by atoms with E-state index in [0.29, 0.717) is 10.3 Å². The molecule has 0 aromatic rings. The van der Waals surface area contributed by atoms with Gasteiger partial charge in [0.1, 0.15) is 0 Å². The molecule has 0 rings (SSSR count). The Bertz CT molecular complexity index is 32.7. The van der Waals surface area contributed by atoms with E-state index in [1.165, 1.54) is 0 Å². The van der Waals surface area contributed by atoms with Crippen LogP contribution in [0.4, 0.5) is 0 Å². The molecule has 0 heterocycles. The molecular weight excluding hydrogens is 211 g/mol. The van der Waals surface area contributed by atoms with Crippen molar-refractivity contribution in [3.05, 3.63) is 0 Å². The van der Waals surface area contributed by atoms with E-state index in [1.54, 1.807) is 8.05 Å². The van der Waals surface area contributed by atoms with E-state index in [2.05, 4.69) is 31.9 Å². The van der Waals surface area contributed by atoms with Crippen molar-refractivity contribution in [2.75, 3.05) is 6.61 Å². The largest absolute Gasteiger partial charge is 0.442 e. The Hall–Kier alpha value is 0.985. The molecule has 0 atom stereocenters. The zero-order chi connectivity index (χ0) is 4.99. The lowest BCUT2D eigenvalue weighted by molar-refractivity contribution is 0.375. The van der Waals surface area contributed by atoms with E-state index >= 15 is 0 Å². The van der Waals surface area contributed by atoms with Crippen LogP contribution in [0.5, 0.6) is 0 Å². The maximum Gasteiger partial charge on any atom is 0.257 e. The summed E-state index contributed by atoms with van der Waals surface area (Å²) in [4.78, 5) is 0. The van der Waals surface area contributed by atoms with Gasteiger partial charge in [0, 0.05) is 0 Å². The highest BCUT2D eigenvalue weighted by Gasteiger charge is 1.90. The molecule has 0 saturated heterocycles. The molecule has 4 heteroatoms. The van der Waals surface area contributed by atoms with Crippen molar-refractivity contribution in [2.45, 2.75) is 3.74 Å². The van der Waals surface area contributed by atoms with E-state index in [-0.39, 0.29) is 0 Å². The van der Waals surface area contributed by atoms with Gasteiger partial charge in [0.2, 0.25) is 0 Å². The zero-order valence-electron chi connectivity index (χ0n) is 3.45. The fraction of sp³-hybridized carbons (Fsp3) is 1.00. The third kappa shape index (κ3) is 4.98. The van der Waals surface area contributed by atoms with Crippen molar-refractivity contribution in [1.29, 1.82) is 0 Å². The maximum absolute atomic E-state index is 4.71. The van der Waals surface area contributed by atoms with Crippen LogP contribution in [-0.4, -0.2) is 18.4 Å². The van der Waals surface area contributed by atoms with Crippen LogP contribution in [0.25, 0.3) is 0 Å². The molecule has 1 nitrogen and oxygen atoms in total. The number of hydrogen-bond acceptors (Lipinski definition) is 1. The molecular formula is C2H5BBr2O. The van der Waals surface area contributed by atoms with Gasteiger partial charge in [-0.3, -0.25) is 0 Å². The molecule has 0 N–H and O–H groups in total. The van der Waals surface area contributed by atoms with E-state index in [9.17, 15) is 0 Å². The van der Waals surface area contributed by atoms with Crippen LogP contribution >= 0.6 is 31.9 Å². The van der Waals surface area contributed by atoms with Gasteiger partial charge >= 0.3 is 0 Å². The first-order valence-electron chi connectivity index (χ1n) is 1.54. The first-order chi connectivity index (χ1) is 2.77. The summed E-state index contributed by atoms with van der Waals surface area (Å²) in [7, 11) is 1.66. The molecule has 0 spiro atoms. The molecule has 0 bridgehead atoms. The summed E-state index contributed by atoms with van der Waals surface area (Å²) < 4.78 is 5.01. The van der Waals surface area contributed by atoms with Crippen LogP contribution in [-0.2, 0) is 4.65 Å². The highest BCUT2D eigenvalue weighted by atomic mass is 79.9. The fourth-order valence-corrected chi connectivity index (χ4v) is 0.655. The minimum absolute atomic E-state index is 0.301. The SMILES string of the molecule is BOCC(Br)Br. The van der Waals surface area contributed by atoms with Crippen molar-refractivity contribution in [3.8, 4) is 0 Å². The quantitative estimate of drug-likeness (QED) is 0.486. The molecule has 0 aliphatic heterocycles. The third-order valence-corrected chi connectivity index (χ3v) is 0.821. The number of halogens is 2. The van der Waals surface area contributed by atoms with Crippen molar-refractivity contribution in [2.24, 2.45) is 0 Å². The molecule has 0 fully saturated rings. The second-order valence-electron chi connectivity index (χ2n) is 0.846. The summed E-state index contributed by atoms with van der Waals surface area (Å²) in [5.41, 5.74) is 0. The van der Waals surface area contributed by atoms with Gasteiger partial charge in [-0.15, -0.1) is 0 Å². The Balaban J connectivity index is 2.63. The molecule has 0 aliphatic rings. The molecule has 0 amide bonds. The average molecular weight is 216 g/mol. The van der Waals surface area contributed by atoms with Crippen LogP contribution in [0.15, 0.2) is 0 Å². The summed E-state index contributed by atoms with van der Waals surface area (Å²) >= 11 is 6.45. The highest BCUT2D eigenvalue weighted by Crippen LogP contribution is 2.05. The van der Waals surface area contributed by atoms with Gasteiger partial charge in [-0.25, -0.2) is 0 Å². The second-order valence-corrected chi connectivity index (χ2v) is 4.29. The number of alkyl halides is 2. The minimum atomic E-state index is 0.301. The summed E-state index contributed by atoms with van der Waals surface area (Å²) in [5.74, 6) is 0. The lowest BCUT2D eigenvalue weighted by Gasteiger charge is -1.94. The summed E-state index contributed by atoms with van der Waals surface area (Å²) in [6, 6.07) is 0. The average Bonchev–Trinajstić information content (AvgIpc) is 1.35. The molecule has 0 aliphatic carbocycles. The standard InChI is InChI=1S/C2H5BBr2O/c3-6-1-2(4)5/h2H,1,3H2. The lowest BCUT2D eigenvalue weighted by atomic mass is 10.6. The van der Waals surface area contributed by atoms with Gasteiger partial charge in [-0.1, -0.05) is 31.9 Å². The molecule has 0 aromatic heterocycles. The highest BCUT2D eigenvalue weighted by molar-refractivity contribution is 9.24. The Morgan fingerprint density at radius 2 is 2.17 bits per heavy atom. The smallest absolute Gasteiger partial charge is 0.257 e. The van der Waals surface area contributed by atoms with Crippen LogP contribution in [0.1, 0.15) is 0 Å².